The van der Waals surface area contributed by atoms with Crippen LogP contribution in [0.1, 0.15) is 0 Å². The van der Waals surface area contributed by atoms with Crippen LogP contribution in [-0.4, -0.2) is 22.6 Å². The van der Waals surface area contributed by atoms with Gasteiger partial charge in [-0.1, -0.05) is 9.20 Å². The smallest absolute Gasteiger partial charge is 0.231 e. The first-order chi connectivity index (χ1) is 5.45. The van der Waals surface area contributed by atoms with Crippen molar-refractivity contribution in [1.29, 1.82) is 0 Å². The molecule has 3 heterocycles. The molecule has 11 heavy (non-hydrogen) atoms. The summed E-state index contributed by atoms with van der Waals surface area (Å²) in [6, 6.07) is 6.57. The van der Waals surface area contributed by atoms with Gasteiger partial charge >= 0.3 is 0 Å². The number of hydrogen-bond donors (Lipinski definition) is 0. The molecule has 1 aliphatic heterocycles. The van der Waals surface area contributed by atoms with E-state index in [1.807, 2.05) is 0 Å². The van der Waals surface area contributed by atoms with Gasteiger partial charge < -0.3 is 8.47 Å². The molecule has 0 fully saturated rings. The third-order valence-electron chi connectivity index (χ3n) is 2.21. The molecule has 2 nitrogen and oxygen atoms in total. The topological polar surface area (TPSA) is 8.81 Å². The van der Waals surface area contributed by atoms with Crippen molar-refractivity contribution in [1.82, 2.24) is 4.23 Å². The van der Waals surface area contributed by atoms with Gasteiger partial charge in [-0.15, -0.1) is 0 Å². The second kappa shape index (κ2) is 1.83. The van der Waals surface area contributed by atoms with Crippen LogP contribution in [-0.2, 0) is 0 Å². The predicted molar refractivity (Wildman–Crippen MR) is 48.6 cm³/mol. The molecule has 2 aromatic rings. The highest BCUT2D eigenvalue weighted by Gasteiger charge is 2.12. The third-order valence-corrected chi connectivity index (χ3v) is 6.93. The molecule has 2 aromatic heterocycles. The van der Waals surface area contributed by atoms with Gasteiger partial charge in [0.2, 0.25) is 5.65 Å². The quantitative estimate of drug-likeness (QED) is 0.455. The number of aromatic nitrogens is 2. The van der Waals surface area contributed by atoms with Crippen molar-refractivity contribution in [3.8, 4) is 0 Å². The van der Waals surface area contributed by atoms with Crippen LogP contribution in [0.4, 0.5) is 0 Å². The average Bonchev–Trinajstić information content (AvgIpc) is 2.60. The lowest BCUT2D eigenvalue weighted by Gasteiger charge is -1.98. The molecule has 0 spiro atoms. The molecule has 0 saturated carbocycles. The summed E-state index contributed by atoms with van der Waals surface area (Å²) in [7, 11) is 0.620. The van der Waals surface area contributed by atoms with Crippen molar-refractivity contribution in [3.05, 3.63) is 30.6 Å². The van der Waals surface area contributed by atoms with E-state index in [0.717, 1.165) is 0 Å². The molecule has 3 rings (SSSR count). The van der Waals surface area contributed by atoms with Gasteiger partial charge in [-0.05, 0) is 18.2 Å². The van der Waals surface area contributed by atoms with Crippen molar-refractivity contribution < 1.29 is 4.23 Å². The Bertz CT molecular complexity index is 421. The van der Waals surface area contributed by atoms with Crippen LogP contribution < -0.4 is 4.23 Å². The normalized spacial score (nSPS) is 16.0. The Balaban J connectivity index is 2.61. The highest BCUT2D eigenvalue weighted by Crippen LogP contribution is 2.11. The van der Waals surface area contributed by atoms with E-state index in [0.29, 0.717) is 9.20 Å². The minimum atomic E-state index is 0.0487. The maximum atomic E-state index is 2.48. The average molecular weight is 176 g/mol. The molecule has 0 bridgehead atoms. The Kier molecular flexibility index (Phi) is 0.955. The van der Waals surface area contributed by atoms with Gasteiger partial charge in [0.15, 0.2) is 0 Å². The molecule has 0 N–H and O–H groups in total. The zero-order chi connectivity index (χ0) is 7.26. The second-order valence-corrected chi connectivity index (χ2v) is 7.00. The molecule has 0 unspecified atom stereocenters. The molecule has 1 aliphatic rings. The van der Waals surface area contributed by atoms with Crippen LogP contribution in [0.25, 0.3) is 11.0 Å². The van der Waals surface area contributed by atoms with E-state index in [9.17, 15) is 0 Å². The Morgan fingerprint density at radius 2 is 2.45 bits per heavy atom. The fourth-order valence-electron chi connectivity index (χ4n) is 1.69. The largest absolute Gasteiger partial charge is 0.414 e. The minimum absolute atomic E-state index is 0.0487. The van der Waals surface area contributed by atoms with Crippen LogP contribution in [0.3, 0.4) is 0 Å². The summed E-state index contributed by atoms with van der Waals surface area (Å²) in [6.45, 7) is 0. The zero-order valence-electron chi connectivity index (χ0n) is 6.07. The highest BCUT2D eigenvalue weighted by atomic mass is 29.2. The van der Waals surface area contributed by atoms with Gasteiger partial charge in [0.25, 0.3) is 0 Å². The van der Waals surface area contributed by atoms with Crippen LogP contribution in [0.5, 0.6) is 0 Å². The molecule has 0 amide bonds. The molecule has 0 saturated heterocycles. The fourth-order valence-corrected chi connectivity index (χ4v) is 6.47. The van der Waals surface area contributed by atoms with Crippen molar-refractivity contribution in [2.75, 3.05) is 0 Å². The lowest BCUT2D eigenvalue weighted by molar-refractivity contribution is -0.494. The van der Waals surface area contributed by atoms with E-state index >= 15 is 0 Å². The highest BCUT2D eigenvalue weighted by molar-refractivity contribution is 6.96. The van der Waals surface area contributed by atoms with Crippen molar-refractivity contribution in [3.63, 3.8) is 0 Å². The third kappa shape index (κ3) is 0.629. The van der Waals surface area contributed by atoms with Gasteiger partial charge in [0.05, 0.1) is 11.6 Å². The van der Waals surface area contributed by atoms with Gasteiger partial charge in [-0.25, -0.2) is 0 Å². The van der Waals surface area contributed by atoms with Gasteiger partial charge in [-0.3, -0.25) is 0 Å². The first kappa shape index (κ1) is 5.73. The first-order valence-electron chi connectivity index (χ1n) is 3.77. The number of nitrogens with zero attached hydrogens (tertiary/aromatic N) is 2. The maximum Gasteiger partial charge on any atom is 0.231 e. The predicted octanol–water partition coefficient (Wildman–Crippen LogP) is -1.01. The van der Waals surface area contributed by atoms with E-state index in [4.69, 9.17) is 0 Å². The summed E-state index contributed by atoms with van der Waals surface area (Å²) in [5.41, 5.74) is 1.47. The number of pyridine rings is 1. The number of rotatable bonds is 0. The van der Waals surface area contributed by atoms with E-state index in [-0.39, 0.29) is 9.20 Å². The Morgan fingerprint density at radius 3 is 3.45 bits per heavy atom. The van der Waals surface area contributed by atoms with Gasteiger partial charge in [0.1, 0.15) is 9.20 Å². The monoisotopic (exact) mass is 176 g/mol. The van der Waals surface area contributed by atoms with E-state index in [1.165, 1.54) is 11.0 Å². The number of hydrogen-bond acceptors (Lipinski definition) is 0. The van der Waals surface area contributed by atoms with Crippen molar-refractivity contribution >= 4 is 29.4 Å². The molecule has 0 radical (unpaired) electrons. The SMILES string of the molecule is c1cc2ccn3c2[n+](c1)[SiH-][SiH2]3. The van der Waals surface area contributed by atoms with Crippen molar-refractivity contribution in [2.24, 2.45) is 0 Å². The Hall–Kier alpha value is -0.876. The van der Waals surface area contributed by atoms with Crippen LogP contribution in [0.15, 0.2) is 30.6 Å². The summed E-state index contributed by atoms with van der Waals surface area (Å²) in [6.07, 6.45) is 4.46. The molecular weight excluding hydrogens is 168 g/mol. The summed E-state index contributed by atoms with van der Waals surface area (Å²) >= 11 is 0. The van der Waals surface area contributed by atoms with Crippen LogP contribution in [0.2, 0.25) is 0 Å². The summed E-state index contributed by atoms with van der Waals surface area (Å²) in [4.78, 5) is 0. The fraction of sp³-hybridized carbons (Fsp3) is 0. The molecule has 4 heteroatoms. The Labute approximate surface area is 69.1 Å². The van der Waals surface area contributed by atoms with Gasteiger partial charge in [0, 0.05) is 6.20 Å². The second-order valence-electron chi connectivity index (χ2n) is 2.85. The molecule has 0 aromatic carbocycles. The van der Waals surface area contributed by atoms with Crippen LogP contribution >= 0.6 is 0 Å². The zero-order valence-corrected chi connectivity index (χ0v) is 8.63. The molecule has 54 valence electrons. The molecular formula is C7H8N2Si2. The Morgan fingerprint density at radius 1 is 1.45 bits per heavy atom. The lowest BCUT2D eigenvalue weighted by Crippen LogP contribution is -2.38. The van der Waals surface area contributed by atoms with Crippen LogP contribution in [0, 0.1) is 0 Å². The van der Waals surface area contributed by atoms with E-state index < -0.39 is 0 Å². The van der Waals surface area contributed by atoms with Gasteiger partial charge in [-0.2, -0.15) is 0 Å². The first-order valence-corrected chi connectivity index (χ1v) is 8.19. The van der Waals surface area contributed by atoms with E-state index in [1.54, 1.807) is 0 Å². The molecule has 0 aliphatic carbocycles. The summed E-state index contributed by atoms with van der Waals surface area (Å²) in [5.74, 6) is 0. The maximum absolute atomic E-state index is 2.48. The summed E-state index contributed by atoms with van der Waals surface area (Å²) in [5, 5.41) is 1.41. The lowest BCUT2D eigenvalue weighted by atomic mass is 10.3. The standard InChI is InChI=1S/C7H8N2Si2/c1-2-6-3-5-9-7(6)8(4-1)10-11-9/h1-5,10H,11H2. The summed E-state index contributed by atoms with van der Waals surface area (Å²) < 4.78 is 4.92. The molecule has 0 atom stereocenters. The minimum Gasteiger partial charge on any atom is -0.414 e. The van der Waals surface area contributed by atoms with E-state index in [2.05, 4.69) is 39.1 Å². The van der Waals surface area contributed by atoms with Crippen molar-refractivity contribution in [2.45, 2.75) is 0 Å².